The summed E-state index contributed by atoms with van der Waals surface area (Å²) in [6.45, 7) is 0.492. The molecule has 2 aliphatic rings. The van der Waals surface area contributed by atoms with Gasteiger partial charge in [0.15, 0.2) is 0 Å². The van der Waals surface area contributed by atoms with Gasteiger partial charge in [0.2, 0.25) is 5.91 Å². The number of halogens is 3. The van der Waals surface area contributed by atoms with Crippen molar-refractivity contribution in [3.63, 3.8) is 0 Å². The molecule has 1 saturated heterocycles. The molecular weight excluding hydrogens is 325 g/mol. The van der Waals surface area contributed by atoms with Gasteiger partial charge in [0, 0.05) is 24.0 Å². The molecule has 3 nitrogen and oxygen atoms in total. The van der Waals surface area contributed by atoms with E-state index in [1.54, 1.807) is 17.8 Å². The number of amides is 1. The van der Waals surface area contributed by atoms with Crippen LogP contribution in [0, 0.1) is 17.2 Å². The lowest BCUT2D eigenvalue weighted by atomic mass is 10.0. The van der Waals surface area contributed by atoms with Gasteiger partial charge in [-0.05, 0) is 24.0 Å². The molecule has 2 fully saturated rings. The van der Waals surface area contributed by atoms with Gasteiger partial charge in [-0.3, -0.25) is 4.79 Å². The molecule has 23 heavy (non-hydrogen) atoms. The van der Waals surface area contributed by atoms with E-state index in [1.807, 2.05) is 0 Å². The molecule has 0 spiro atoms. The molecule has 1 saturated carbocycles. The molecule has 3 rings (SSSR count). The Balaban J connectivity index is 1.78. The van der Waals surface area contributed by atoms with Crippen LogP contribution in [0.3, 0.4) is 0 Å². The monoisotopic (exact) mass is 340 g/mol. The van der Waals surface area contributed by atoms with Crippen LogP contribution < -0.4 is 0 Å². The van der Waals surface area contributed by atoms with Crippen molar-refractivity contribution in [2.24, 2.45) is 5.92 Å². The fourth-order valence-corrected chi connectivity index (χ4v) is 4.05. The Morgan fingerprint density at radius 2 is 2.09 bits per heavy atom. The molecule has 1 aromatic rings. The summed E-state index contributed by atoms with van der Waals surface area (Å²) in [5, 5.41) is 9.14. The van der Waals surface area contributed by atoms with Gasteiger partial charge < -0.3 is 4.90 Å². The van der Waals surface area contributed by atoms with Gasteiger partial charge in [0.05, 0.1) is 11.6 Å². The Kier molecular flexibility index (Phi) is 4.28. The predicted octanol–water partition coefficient (Wildman–Crippen LogP) is 3.28. The maximum Gasteiger partial charge on any atom is 0.416 e. The highest BCUT2D eigenvalue weighted by Crippen LogP contribution is 2.52. The summed E-state index contributed by atoms with van der Waals surface area (Å²) in [4.78, 5) is 14.1. The second kappa shape index (κ2) is 6.08. The maximum absolute atomic E-state index is 13.1. The zero-order valence-corrected chi connectivity index (χ0v) is 13.0. The number of alkyl halides is 3. The lowest BCUT2D eigenvalue weighted by molar-refractivity contribution is -0.138. The average Bonchev–Trinajstić information content (AvgIpc) is 3.34. The van der Waals surface area contributed by atoms with Crippen LogP contribution in [0.5, 0.6) is 0 Å². The van der Waals surface area contributed by atoms with Crippen LogP contribution in [0.15, 0.2) is 24.3 Å². The predicted molar refractivity (Wildman–Crippen MR) is 80.7 cm³/mol. The minimum atomic E-state index is -4.41. The minimum absolute atomic E-state index is 0.182. The lowest BCUT2D eigenvalue weighted by Crippen LogP contribution is -2.46. The summed E-state index contributed by atoms with van der Waals surface area (Å²) in [6, 6.07) is 7.08. The van der Waals surface area contributed by atoms with Crippen molar-refractivity contribution in [2.45, 2.75) is 24.6 Å². The molecule has 1 aliphatic heterocycles. The standard InChI is InChI=1S/C16H15F3N2OS/c17-16(18,19)14-4-2-1-3-11(14)12-7-13(12)15(22)21-5-6-23-9-10(21)8-20/h1-4,10,12-13H,5-7,9H2/t10-,12+,13+/m1/s1. The molecule has 1 aromatic carbocycles. The summed E-state index contributed by atoms with van der Waals surface area (Å²) < 4.78 is 39.3. The smallest absolute Gasteiger partial charge is 0.325 e. The molecule has 0 unspecified atom stereocenters. The van der Waals surface area contributed by atoms with Gasteiger partial charge in [-0.15, -0.1) is 0 Å². The molecule has 0 aromatic heterocycles. The largest absolute Gasteiger partial charge is 0.416 e. The Bertz CT molecular complexity index is 655. The highest BCUT2D eigenvalue weighted by Gasteiger charge is 2.50. The molecule has 1 aliphatic carbocycles. The summed E-state index contributed by atoms with van der Waals surface area (Å²) in [5.74, 6) is 0.324. The molecule has 1 amide bonds. The van der Waals surface area contributed by atoms with E-state index in [1.165, 1.54) is 17.0 Å². The number of carbonyl (C=O) groups excluding carboxylic acids is 1. The number of rotatable bonds is 2. The molecule has 0 N–H and O–H groups in total. The van der Waals surface area contributed by atoms with E-state index < -0.39 is 29.6 Å². The van der Waals surface area contributed by atoms with Gasteiger partial charge in [-0.1, -0.05) is 18.2 Å². The Labute approximate surface area is 136 Å². The lowest BCUT2D eigenvalue weighted by Gasteiger charge is -2.31. The van der Waals surface area contributed by atoms with Gasteiger partial charge >= 0.3 is 6.18 Å². The number of nitrogens with zero attached hydrogens (tertiary/aromatic N) is 2. The highest BCUT2D eigenvalue weighted by molar-refractivity contribution is 7.99. The number of hydrogen-bond acceptors (Lipinski definition) is 3. The van der Waals surface area contributed by atoms with Crippen molar-refractivity contribution in [2.75, 3.05) is 18.1 Å². The Morgan fingerprint density at radius 3 is 2.78 bits per heavy atom. The first-order valence-electron chi connectivity index (χ1n) is 7.37. The maximum atomic E-state index is 13.1. The van der Waals surface area contributed by atoms with E-state index in [4.69, 9.17) is 5.26 Å². The third kappa shape index (κ3) is 3.18. The van der Waals surface area contributed by atoms with Crippen LogP contribution in [-0.2, 0) is 11.0 Å². The summed E-state index contributed by atoms with van der Waals surface area (Å²) in [6.07, 6.45) is -3.99. The van der Waals surface area contributed by atoms with Crippen molar-refractivity contribution < 1.29 is 18.0 Å². The second-order valence-electron chi connectivity index (χ2n) is 5.79. The fourth-order valence-electron chi connectivity index (χ4n) is 3.08. The third-order valence-corrected chi connectivity index (χ3v) is 5.36. The van der Waals surface area contributed by atoms with Crippen LogP contribution in [0.25, 0.3) is 0 Å². The minimum Gasteiger partial charge on any atom is -0.325 e. The van der Waals surface area contributed by atoms with Gasteiger partial charge in [-0.2, -0.15) is 30.2 Å². The average molecular weight is 340 g/mol. The number of hydrogen-bond donors (Lipinski definition) is 0. The molecule has 1 heterocycles. The van der Waals surface area contributed by atoms with E-state index >= 15 is 0 Å². The normalized spacial score (nSPS) is 27.4. The summed E-state index contributed by atoms with van der Waals surface area (Å²) in [5.41, 5.74) is -0.468. The quantitative estimate of drug-likeness (QED) is 0.830. The van der Waals surface area contributed by atoms with Crippen molar-refractivity contribution >= 4 is 17.7 Å². The van der Waals surface area contributed by atoms with E-state index in [-0.39, 0.29) is 11.5 Å². The van der Waals surface area contributed by atoms with E-state index in [0.717, 1.165) is 11.8 Å². The van der Waals surface area contributed by atoms with Crippen molar-refractivity contribution in [1.82, 2.24) is 4.90 Å². The van der Waals surface area contributed by atoms with Crippen LogP contribution >= 0.6 is 11.8 Å². The van der Waals surface area contributed by atoms with Crippen LogP contribution in [0.4, 0.5) is 13.2 Å². The molecule has 0 bridgehead atoms. The number of thioether (sulfide) groups is 1. The first-order chi connectivity index (χ1) is 10.9. The number of carbonyl (C=O) groups is 1. The zero-order valence-electron chi connectivity index (χ0n) is 12.2. The molecule has 7 heteroatoms. The highest BCUT2D eigenvalue weighted by atomic mass is 32.2. The first-order valence-corrected chi connectivity index (χ1v) is 8.53. The van der Waals surface area contributed by atoms with Crippen molar-refractivity contribution in [3.05, 3.63) is 35.4 Å². The Hall–Kier alpha value is -1.68. The Morgan fingerprint density at radius 1 is 1.35 bits per heavy atom. The fraction of sp³-hybridized carbons (Fsp3) is 0.500. The SMILES string of the molecule is N#C[C@@H]1CSCCN1C(=O)[C@H]1C[C@H]1c1ccccc1C(F)(F)F. The summed E-state index contributed by atoms with van der Waals surface area (Å²) in [7, 11) is 0. The number of benzene rings is 1. The van der Waals surface area contributed by atoms with Gasteiger partial charge in [0.1, 0.15) is 6.04 Å². The van der Waals surface area contributed by atoms with E-state index in [2.05, 4.69) is 6.07 Å². The van der Waals surface area contributed by atoms with Crippen LogP contribution in [0.2, 0.25) is 0 Å². The number of nitriles is 1. The molecular formula is C16H15F3N2OS. The van der Waals surface area contributed by atoms with E-state index in [9.17, 15) is 18.0 Å². The summed E-state index contributed by atoms with van der Waals surface area (Å²) >= 11 is 1.62. The van der Waals surface area contributed by atoms with Crippen molar-refractivity contribution in [3.8, 4) is 6.07 Å². The second-order valence-corrected chi connectivity index (χ2v) is 6.93. The molecule has 122 valence electrons. The van der Waals surface area contributed by atoms with Crippen molar-refractivity contribution in [1.29, 1.82) is 5.26 Å². The van der Waals surface area contributed by atoms with Crippen LogP contribution in [-0.4, -0.2) is 34.9 Å². The topological polar surface area (TPSA) is 44.1 Å². The van der Waals surface area contributed by atoms with Gasteiger partial charge in [-0.25, -0.2) is 0 Å². The molecule has 3 atom stereocenters. The van der Waals surface area contributed by atoms with Gasteiger partial charge in [0.25, 0.3) is 0 Å². The first kappa shape index (κ1) is 16.2. The van der Waals surface area contributed by atoms with E-state index in [0.29, 0.717) is 18.7 Å². The third-order valence-electron chi connectivity index (χ3n) is 4.33. The van der Waals surface area contributed by atoms with Crippen LogP contribution in [0.1, 0.15) is 23.5 Å². The zero-order chi connectivity index (χ0) is 16.6. The molecule has 0 radical (unpaired) electrons.